The number of amides is 1. The molecule has 0 bridgehead atoms. The van der Waals surface area contributed by atoms with Crippen molar-refractivity contribution in [2.24, 2.45) is 0 Å². The molecule has 0 fully saturated rings. The van der Waals surface area contributed by atoms with Crippen LogP contribution in [0.4, 0.5) is 11.5 Å². The molecule has 0 saturated heterocycles. The van der Waals surface area contributed by atoms with Gasteiger partial charge in [-0.2, -0.15) is 0 Å². The molecular formula is C15H17N3O. The first-order valence-electron chi connectivity index (χ1n) is 6.27. The molecule has 2 N–H and O–H groups in total. The van der Waals surface area contributed by atoms with Gasteiger partial charge in [-0.15, -0.1) is 0 Å². The highest BCUT2D eigenvalue weighted by molar-refractivity contribution is 6.07. The molecule has 98 valence electrons. The lowest BCUT2D eigenvalue weighted by atomic mass is 10.1. The molecule has 1 amide bonds. The van der Waals surface area contributed by atoms with Gasteiger partial charge in [-0.05, 0) is 38.1 Å². The van der Waals surface area contributed by atoms with E-state index < -0.39 is 0 Å². The van der Waals surface area contributed by atoms with Crippen LogP contribution in [-0.4, -0.2) is 17.4 Å². The van der Waals surface area contributed by atoms with Gasteiger partial charge in [0.25, 0.3) is 5.91 Å². The average molecular weight is 255 g/mol. The maximum atomic E-state index is 12.3. The van der Waals surface area contributed by atoms with Gasteiger partial charge in [0.2, 0.25) is 0 Å². The molecule has 1 aromatic heterocycles. The van der Waals surface area contributed by atoms with E-state index in [2.05, 4.69) is 15.6 Å². The number of carbonyl (C=O) groups excluding carboxylic acids is 1. The number of nitrogens with one attached hydrogen (secondary N) is 2. The predicted octanol–water partition coefficient (Wildman–Crippen LogP) is 3.07. The molecule has 0 spiro atoms. The summed E-state index contributed by atoms with van der Waals surface area (Å²) in [6, 6.07) is 11.2. The largest absolute Gasteiger partial charge is 0.385 e. The molecule has 1 heterocycles. The topological polar surface area (TPSA) is 54.0 Å². The number of aryl methyl sites for hydroxylation is 1. The molecule has 0 aliphatic heterocycles. The fraction of sp³-hybridized carbons (Fsp3) is 0.200. The van der Waals surface area contributed by atoms with E-state index >= 15 is 0 Å². The standard InChI is InChI=1S/C15H17N3O/c1-3-16-13-8-7-11(2)10-12(13)15(19)18-14-6-4-5-9-17-14/h4-10,16H,3H2,1-2H3,(H,17,18,19). The summed E-state index contributed by atoms with van der Waals surface area (Å²) in [5, 5.41) is 5.98. The fourth-order valence-corrected chi connectivity index (χ4v) is 1.81. The summed E-state index contributed by atoms with van der Waals surface area (Å²) in [6.07, 6.45) is 1.65. The van der Waals surface area contributed by atoms with Crippen LogP contribution in [0.25, 0.3) is 0 Å². The zero-order valence-electron chi connectivity index (χ0n) is 11.1. The summed E-state index contributed by atoms with van der Waals surface area (Å²) in [4.78, 5) is 16.4. The van der Waals surface area contributed by atoms with Crippen LogP contribution >= 0.6 is 0 Å². The molecule has 1 aromatic carbocycles. The quantitative estimate of drug-likeness (QED) is 0.882. The first kappa shape index (κ1) is 13.1. The SMILES string of the molecule is CCNc1ccc(C)cc1C(=O)Nc1ccccn1. The van der Waals surface area contributed by atoms with E-state index in [4.69, 9.17) is 0 Å². The molecule has 0 saturated carbocycles. The second-order valence-corrected chi connectivity index (χ2v) is 4.25. The number of nitrogens with zero attached hydrogens (tertiary/aromatic N) is 1. The maximum absolute atomic E-state index is 12.3. The van der Waals surface area contributed by atoms with Crippen molar-refractivity contribution in [3.63, 3.8) is 0 Å². The Hall–Kier alpha value is -2.36. The van der Waals surface area contributed by atoms with Gasteiger partial charge < -0.3 is 10.6 Å². The Bertz CT molecular complexity index is 567. The normalized spacial score (nSPS) is 10.0. The minimum Gasteiger partial charge on any atom is -0.385 e. The van der Waals surface area contributed by atoms with E-state index in [0.717, 1.165) is 17.8 Å². The Balaban J connectivity index is 2.25. The predicted molar refractivity (Wildman–Crippen MR) is 77.5 cm³/mol. The van der Waals surface area contributed by atoms with Crippen molar-refractivity contribution >= 4 is 17.4 Å². The monoisotopic (exact) mass is 255 g/mol. The van der Waals surface area contributed by atoms with Crippen LogP contribution in [0, 0.1) is 6.92 Å². The molecule has 19 heavy (non-hydrogen) atoms. The minimum atomic E-state index is -0.154. The van der Waals surface area contributed by atoms with E-state index in [0.29, 0.717) is 11.4 Å². The highest BCUT2D eigenvalue weighted by atomic mass is 16.1. The fourth-order valence-electron chi connectivity index (χ4n) is 1.81. The Kier molecular flexibility index (Phi) is 4.13. The lowest BCUT2D eigenvalue weighted by molar-refractivity contribution is 0.102. The molecule has 0 unspecified atom stereocenters. The second-order valence-electron chi connectivity index (χ2n) is 4.25. The van der Waals surface area contributed by atoms with Crippen LogP contribution in [0.3, 0.4) is 0 Å². The van der Waals surface area contributed by atoms with Gasteiger partial charge in [-0.25, -0.2) is 4.98 Å². The highest BCUT2D eigenvalue weighted by Gasteiger charge is 2.11. The zero-order chi connectivity index (χ0) is 13.7. The minimum absolute atomic E-state index is 0.154. The third-order valence-corrected chi connectivity index (χ3v) is 2.69. The van der Waals surface area contributed by atoms with Crippen LogP contribution in [-0.2, 0) is 0 Å². The molecule has 2 aromatic rings. The van der Waals surface area contributed by atoms with Crippen LogP contribution in [0.2, 0.25) is 0 Å². The van der Waals surface area contributed by atoms with Crippen LogP contribution < -0.4 is 10.6 Å². The van der Waals surface area contributed by atoms with Crippen molar-refractivity contribution in [2.75, 3.05) is 17.2 Å². The zero-order valence-corrected chi connectivity index (χ0v) is 11.1. The highest BCUT2D eigenvalue weighted by Crippen LogP contribution is 2.18. The van der Waals surface area contributed by atoms with Gasteiger partial charge in [-0.1, -0.05) is 17.7 Å². The molecule has 0 aliphatic rings. The number of aromatic nitrogens is 1. The van der Waals surface area contributed by atoms with E-state index in [1.165, 1.54) is 0 Å². The number of hydrogen-bond donors (Lipinski definition) is 2. The molecule has 4 heteroatoms. The molecule has 0 atom stereocenters. The number of rotatable bonds is 4. The Morgan fingerprint density at radius 2 is 2.11 bits per heavy atom. The number of hydrogen-bond acceptors (Lipinski definition) is 3. The van der Waals surface area contributed by atoms with Crippen molar-refractivity contribution < 1.29 is 4.79 Å². The summed E-state index contributed by atoms with van der Waals surface area (Å²) in [7, 11) is 0. The molecule has 0 aliphatic carbocycles. The number of pyridine rings is 1. The summed E-state index contributed by atoms with van der Waals surface area (Å²) in [5.41, 5.74) is 2.52. The first-order chi connectivity index (χ1) is 9.20. The van der Waals surface area contributed by atoms with Crippen molar-refractivity contribution in [2.45, 2.75) is 13.8 Å². The van der Waals surface area contributed by atoms with Gasteiger partial charge in [-0.3, -0.25) is 4.79 Å². The Morgan fingerprint density at radius 1 is 1.26 bits per heavy atom. The van der Waals surface area contributed by atoms with Gasteiger partial charge in [0, 0.05) is 18.4 Å². The lowest BCUT2D eigenvalue weighted by Crippen LogP contribution is -2.15. The van der Waals surface area contributed by atoms with Crippen molar-refractivity contribution in [3.05, 3.63) is 53.7 Å². The van der Waals surface area contributed by atoms with E-state index in [9.17, 15) is 4.79 Å². The van der Waals surface area contributed by atoms with E-state index in [1.54, 1.807) is 12.3 Å². The molecule has 4 nitrogen and oxygen atoms in total. The second kappa shape index (κ2) is 6.00. The third-order valence-electron chi connectivity index (χ3n) is 2.69. The maximum Gasteiger partial charge on any atom is 0.258 e. The average Bonchev–Trinajstić information content (AvgIpc) is 2.42. The summed E-state index contributed by atoms with van der Waals surface area (Å²) >= 11 is 0. The van der Waals surface area contributed by atoms with Gasteiger partial charge >= 0.3 is 0 Å². The number of carbonyl (C=O) groups is 1. The van der Waals surface area contributed by atoms with Gasteiger partial charge in [0.05, 0.1) is 5.56 Å². The van der Waals surface area contributed by atoms with Crippen LogP contribution in [0.1, 0.15) is 22.8 Å². The van der Waals surface area contributed by atoms with Crippen LogP contribution in [0.15, 0.2) is 42.6 Å². The summed E-state index contributed by atoms with van der Waals surface area (Å²) in [5.74, 6) is 0.398. The number of anilines is 2. The van der Waals surface area contributed by atoms with E-state index in [1.807, 2.05) is 44.2 Å². The number of benzene rings is 1. The molecular weight excluding hydrogens is 238 g/mol. The van der Waals surface area contributed by atoms with Gasteiger partial charge in [0.15, 0.2) is 0 Å². The lowest BCUT2D eigenvalue weighted by Gasteiger charge is -2.11. The Morgan fingerprint density at radius 3 is 2.79 bits per heavy atom. The third kappa shape index (κ3) is 3.31. The van der Waals surface area contributed by atoms with E-state index in [-0.39, 0.29) is 5.91 Å². The van der Waals surface area contributed by atoms with Gasteiger partial charge in [0.1, 0.15) is 5.82 Å². The molecule has 2 rings (SSSR count). The first-order valence-corrected chi connectivity index (χ1v) is 6.27. The summed E-state index contributed by atoms with van der Waals surface area (Å²) < 4.78 is 0. The Labute approximate surface area is 112 Å². The molecule has 0 radical (unpaired) electrons. The summed E-state index contributed by atoms with van der Waals surface area (Å²) in [6.45, 7) is 4.74. The van der Waals surface area contributed by atoms with Crippen molar-refractivity contribution in [3.8, 4) is 0 Å². The van der Waals surface area contributed by atoms with Crippen LogP contribution in [0.5, 0.6) is 0 Å². The van der Waals surface area contributed by atoms with Crippen molar-refractivity contribution in [1.29, 1.82) is 0 Å². The smallest absolute Gasteiger partial charge is 0.258 e. The van der Waals surface area contributed by atoms with Crippen molar-refractivity contribution in [1.82, 2.24) is 4.98 Å².